The lowest BCUT2D eigenvalue weighted by atomic mass is 10.2. The van der Waals surface area contributed by atoms with Crippen LogP contribution in [0.15, 0.2) is 6.33 Å². The molecule has 22 heavy (non-hydrogen) atoms. The quantitative estimate of drug-likeness (QED) is 0.930. The number of anilines is 1. The van der Waals surface area contributed by atoms with E-state index >= 15 is 0 Å². The van der Waals surface area contributed by atoms with Crippen LogP contribution >= 0.6 is 11.3 Å². The average molecular weight is 321 g/mol. The first kappa shape index (κ1) is 14.9. The molecule has 1 unspecified atom stereocenters. The van der Waals surface area contributed by atoms with Crippen molar-refractivity contribution in [3.63, 3.8) is 0 Å². The van der Waals surface area contributed by atoms with Gasteiger partial charge in [0, 0.05) is 20.0 Å². The van der Waals surface area contributed by atoms with Crippen LogP contribution in [0.1, 0.15) is 43.1 Å². The number of amides is 2. The second kappa shape index (κ2) is 6.39. The summed E-state index contributed by atoms with van der Waals surface area (Å²) in [6.07, 6.45) is 5.42. The number of hydrogen-bond acceptors (Lipinski definition) is 6. The zero-order chi connectivity index (χ0) is 15.5. The van der Waals surface area contributed by atoms with E-state index in [1.807, 2.05) is 11.6 Å². The molecule has 1 aliphatic heterocycles. The van der Waals surface area contributed by atoms with Crippen molar-refractivity contribution in [2.45, 2.75) is 38.6 Å². The zero-order valence-corrected chi connectivity index (χ0v) is 13.5. The van der Waals surface area contributed by atoms with Crippen molar-refractivity contribution in [3.8, 4) is 0 Å². The molecule has 1 saturated heterocycles. The van der Waals surface area contributed by atoms with Crippen LogP contribution in [0.25, 0.3) is 0 Å². The standard InChI is InChI=1S/C13H19N7OS/c1-3-5-10-16-18-12(22-10)15-13(21)20-7-4-6-9(20)11-17-14-8-19(11)2/h8-9H,3-7H2,1-2H3,(H,15,18,21). The number of urea groups is 1. The van der Waals surface area contributed by atoms with E-state index in [0.717, 1.165) is 36.5 Å². The van der Waals surface area contributed by atoms with E-state index in [1.54, 1.807) is 11.2 Å². The molecule has 0 saturated carbocycles. The molecule has 8 nitrogen and oxygen atoms in total. The minimum Gasteiger partial charge on any atom is -0.319 e. The fraction of sp³-hybridized carbons (Fsp3) is 0.615. The number of rotatable bonds is 4. The van der Waals surface area contributed by atoms with Gasteiger partial charge in [0.1, 0.15) is 11.3 Å². The highest BCUT2D eigenvalue weighted by Gasteiger charge is 2.33. The molecule has 0 bridgehead atoms. The van der Waals surface area contributed by atoms with Crippen LogP contribution in [0.4, 0.5) is 9.93 Å². The Morgan fingerprint density at radius 3 is 3.05 bits per heavy atom. The van der Waals surface area contributed by atoms with Crippen LogP contribution in [0.3, 0.4) is 0 Å². The Bertz CT molecular complexity index is 652. The largest absolute Gasteiger partial charge is 0.324 e. The SMILES string of the molecule is CCCc1nnc(NC(=O)N2CCCC2c2nncn2C)s1. The van der Waals surface area contributed by atoms with Crippen molar-refractivity contribution in [2.24, 2.45) is 7.05 Å². The smallest absolute Gasteiger partial charge is 0.319 e. The van der Waals surface area contributed by atoms with Crippen molar-refractivity contribution in [1.29, 1.82) is 0 Å². The van der Waals surface area contributed by atoms with Crippen LogP contribution in [0.5, 0.6) is 0 Å². The Hall–Kier alpha value is -2.03. The Balaban J connectivity index is 1.69. The number of aromatic nitrogens is 5. The Morgan fingerprint density at radius 2 is 2.32 bits per heavy atom. The molecule has 1 aliphatic rings. The summed E-state index contributed by atoms with van der Waals surface area (Å²) in [5.41, 5.74) is 0. The first-order valence-corrected chi connectivity index (χ1v) is 8.24. The molecule has 2 aromatic heterocycles. The minimum atomic E-state index is -0.148. The van der Waals surface area contributed by atoms with Gasteiger partial charge < -0.3 is 9.47 Å². The maximum absolute atomic E-state index is 12.5. The first-order chi connectivity index (χ1) is 10.7. The molecule has 0 aromatic carbocycles. The molecule has 3 rings (SSSR count). The summed E-state index contributed by atoms with van der Waals surface area (Å²) in [6.45, 7) is 2.80. The predicted octanol–water partition coefficient (Wildman–Crippen LogP) is 1.99. The van der Waals surface area contributed by atoms with E-state index in [2.05, 4.69) is 32.6 Å². The molecular formula is C13H19N7OS. The van der Waals surface area contributed by atoms with Crippen molar-refractivity contribution >= 4 is 22.5 Å². The summed E-state index contributed by atoms with van der Waals surface area (Å²) in [5, 5.41) is 20.5. The fourth-order valence-corrected chi connectivity index (χ4v) is 3.49. The van der Waals surface area contributed by atoms with Gasteiger partial charge in [0.2, 0.25) is 5.13 Å². The summed E-state index contributed by atoms with van der Waals surface area (Å²) >= 11 is 1.43. The van der Waals surface area contributed by atoms with Crippen molar-refractivity contribution < 1.29 is 4.79 Å². The third-order valence-electron chi connectivity index (χ3n) is 3.70. The summed E-state index contributed by atoms with van der Waals surface area (Å²) in [6, 6.07) is -0.180. The third-order valence-corrected chi connectivity index (χ3v) is 4.60. The van der Waals surface area contributed by atoms with Gasteiger partial charge in [-0.25, -0.2) is 4.79 Å². The van der Waals surface area contributed by atoms with Crippen LogP contribution in [0.2, 0.25) is 0 Å². The van der Waals surface area contributed by atoms with Crippen LogP contribution in [-0.2, 0) is 13.5 Å². The lowest BCUT2D eigenvalue weighted by molar-refractivity contribution is 0.204. The molecule has 1 N–H and O–H groups in total. The minimum absolute atomic E-state index is 0.0319. The van der Waals surface area contributed by atoms with E-state index in [-0.39, 0.29) is 12.1 Å². The highest BCUT2D eigenvalue weighted by atomic mass is 32.1. The lowest BCUT2D eigenvalue weighted by Crippen LogP contribution is -2.35. The zero-order valence-electron chi connectivity index (χ0n) is 12.7. The number of nitrogens with zero attached hydrogens (tertiary/aromatic N) is 6. The highest BCUT2D eigenvalue weighted by molar-refractivity contribution is 7.15. The lowest BCUT2D eigenvalue weighted by Gasteiger charge is -2.23. The van der Waals surface area contributed by atoms with Gasteiger partial charge in [-0.05, 0) is 19.3 Å². The molecular weight excluding hydrogens is 302 g/mol. The average Bonchev–Trinajstić information content (AvgIpc) is 3.19. The number of aryl methyl sites for hydroxylation is 2. The molecule has 1 fully saturated rings. The van der Waals surface area contributed by atoms with Gasteiger partial charge in [0.15, 0.2) is 5.82 Å². The molecule has 2 aromatic rings. The van der Waals surface area contributed by atoms with E-state index in [0.29, 0.717) is 11.7 Å². The molecule has 0 radical (unpaired) electrons. The van der Waals surface area contributed by atoms with Crippen molar-refractivity contribution in [2.75, 3.05) is 11.9 Å². The molecule has 0 aliphatic carbocycles. The van der Waals surface area contributed by atoms with Crippen molar-refractivity contribution in [3.05, 3.63) is 17.2 Å². The molecule has 2 amide bonds. The maximum atomic E-state index is 12.5. The number of hydrogen-bond donors (Lipinski definition) is 1. The maximum Gasteiger partial charge on any atom is 0.324 e. The third kappa shape index (κ3) is 2.94. The molecule has 9 heteroatoms. The van der Waals surface area contributed by atoms with Crippen LogP contribution in [0, 0.1) is 0 Å². The summed E-state index contributed by atoms with van der Waals surface area (Å²) < 4.78 is 1.86. The number of likely N-dealkylation sites (tertiary alicyclic amines) is 1. The van der Waals surface area contributed by atoms with Crippen LogP contribution in [-0.4, -0.2) is 42.4 Å². The van der Waals surface area contributed by atoms with Gasteiger partial charge in [-0.1, -0.05) is 18.3 Å². The highest BCUT2D eigenvalue weighted by Crippen LogP contribution is 2.31. The Morgan fingerprint density at radius 1 is 1.45 bits per heavy atom. The summed E-state index contributed by atoms with van der Waals surface area (Å²) in [5.74, 6) is 0.816. The Labute approximate surface area is 132 Å². The van der Waals surface area contributed by atoms with Gasteiger partial charge in [-0.2, -0.15) is 0 Å². The molecule has 3 heterocycles. The van der Waals surface area contributed by atoms with E-state index in [1.165, 1.54) is 11.3 Å². The summed E-state index contributed by atoms with van der Waals surface area (Å²) in [7, 11) is 1.89. The molecule has 118 valence electrons. The Kier molecular flexibility index (Phi) is 4.32. The topological polar surface area (TPSA) is 88.8 Å². The first-order valence-electron chi connectivity index (χ1n) is 7.43. The van der Waals surface area contributed by atoms with Crippen LogP contribution < -0.4 is 5.32 Å². The summed E-state index contributed by atoms with van der Waals surface area (Å²) in [4.78, 5) is 14.3. The number of carbonyl (C=O) groups is 1. The van der Waals surface area contributed by atoms with Gasteiger partial charge in [0.25, 0.3) is 0 Å². The normalized spacial score (nSPS) is 17.9. The van der Waals surface area contributed by atoms with Gasteiger partial charge >= 0.3 is 6.03 Å². The number of nitrogens with one attached hydrogen (secondary N) is 1. The predicted molar refractivity (Wildman–Crippen MR) is 82.6 cm³/mol. The van der Waals surface area contributed by atoms with E-state index in [9.17, 15) is 4.79 Å². The van der Waals surface area contributed by atoms with E-state index in [4.69, 9.17) is 0 Å². The van der Waals surface area contributed by atoms with Crippen molar-refractivity contribution in [1.82, 2.24) is 29.9 Å². The monoisotopic (exact) mass is 321 g/mol. The molecule has 1 atom stereocenters. The van der Waals surface area contributed by atoms with E-state index < -0.39 is 0 Å². The van der Waals surface area contributed by atoms with Gasteiger partial charge in [0.05, 0.1) is 6.04 Å². The fourth-order valence-electron chi connectivity index (χ4n) is 2.65. The second-order valence-electron chi connectivity index (χ2n) is 5.33. The molecule has 0 spiro atoms. The van der Waals surface area contributed by atoms with Gasteiger partial charge in [-0.15, -0.1) is 20.4 Å². The van der Waals surface area contributed by atoms with Gasteiger partial charge in [-0.3, -0.25) is 5.32 Å². The second-order valence-corrected chi connectivity index (χ2v) is 6.39. The number of carbonyl (C=O) groups excluding carboxylic acids is 1.